The van der Waals surface area contributed by atoms with Crippen LogP contribution in [0.3, 0.4) is 0 Å². The van der Waals surface area contributed by atoms with Gasteiger partial charge in [0, 0.05) is 12.0 Å². The second-order valence-electron chi connectivity index (χ2n) is 4.82. The number of ether oxygens (including phenoxy) is 1. The number of methoxy groups -OCH3 is 1. The van der Waals surface area contributed by atoms with Crippen molar-refractivity contribution in [3.8, 4) is 0 Å². The summed E-state index contributed by atoms with van der Waals surface area (Å²) in [4.78, 5) is 23.5. The van der Waals surface area contributed by atoms with Gasteiger partial charge in [-0.3, -0.25) is 9.59 Å². The number of benzene rings is 1. The van der Waals surface area contributed by atoms with Crippen LogP contribution in [-0.2, 0) is 9.53 Å². The van der Waals surface area contributed by atoms with Gasteiger partial charge in [-0.1, -0.05) is 42.0 Å². The van der Waals surface area contributed by atoms with E-state index >= 15 is 0 Å². The van der Waals surface area contributed by atoms with Gasteiger partial charge >= 0.3 is 5.97 Å². The van der Waals surface area contributed by atoms with Crippen molar-refractivity contribution < 1.29 is 14.3 Å². The van der Waals surface area contributed by atoms with E-state index in [1.54, 1.807) is 0 Å². The molecule has 19 heavy (non-hydrogen) atoms. The van der Waals surface area contributed by atoms with Gasteiger partial charge < -0.3 is 4.74 Å². The minimum absolute atomic E-state index is 0.0411. The number of rotatable bonds is 4. The Kier molecular flexibility index (Phi) is 4.50. The molecule has 0 spiro atoms. The second-order valence-corrected chi connectivity index (χ2v) is 4.82. The van der Waals surface area contributed by atoms with E-state index in [-0.39, 0.29) is 17.7 Å². The zero-order chi connectivity index (χ0) is 13.7. The Morgan fingerprint density at radius 3 is 2.58 bits per heavy atom. The lowest BCUT2D eigenvalue weighted by molar-refractivity contribution is -0.145. The lowest BCUT2D eigenvalue weighted by atomic mass is 9.87. The topological polar surface area (TPSA) is 43.4 Å². The summed E-state index contributed by atoms with van der Waals surface area (Å²) >= 11 is 0. The molecule has 3 heteroatoms. The van der Waals surface area contributed by atoms with Crippen LogP contribution in [0.25, 0.3) is 0 Å². The molecular weight excluding hydrogens is 240 g/mol. The van der Waals surface area contributed by atoms with Gasteiger partial charge in [-0.15, -0.1) is 0 Å². The third-order valence-corrected chi connectivity index (χ3v) is 3.52. The fourth-order valence-corrected chi connectivity index (χ4v) is 2.36. The van der Waals surface area contributed by atoms with Crippen molar-refractivity contribution in [2.24, 2.45) is 5.92 Å². The van der Waals surface area contributed by atoms with E-state index in [1.807, 2.05) is 36.4 Å². The summed E-state index contributed by atoms with van der Waals surface area (Å²) in [7, 11) is 1.42. The predicted octanol–water partition coefficient (Wildman–Crippen LogP) is 3.16. The van der Waals surface area contributed by atoms with Crippen molar-refractivity contribution in [3.63, 3.8) is 0 Å². The molecule has 0 bridgehead atoms. The minimum Gasteiger partial charge on any atom is -0.469 e. The summed E-state index contributed by atoms with van der Waals surface area (Å²) in [5.74, 6) is -0.0476. The van der Waals surface area contributed by atoms with Gasteiger partial charge in [0.1, 0.15) is 0 Å². The number of hydrogen-bond acceptors (Lipinski definition) is 3. The number of ketones is 1. The van der Waals surface area contributed by atoms with Crippen molar-refractivity contribution >= 4 is 11.8 Å². The van der Waals surface area contributed by atoms with Gasteiger partial charge in [-0.05, 0) is 19.3 Å². The molecule has 0 N–H and O–H groups in total. The maximum Gasteiger partial charge on any atom is 0.308 e. The average molecular weight is 258 g/mol. The van der Waals surface area contributed by atoms with E-state index in [0.717, 1.165) is 24.0 Å². The van der Waals surface area contributed by atoms with Crippen LogP contribution in [0.15, 0.2) is 42.0 Å². The highest BCUT2D eigenvalue weighted by Gasteiger charge is 2.22. The summed E-state index contributed by atoms with van der Waals surface area (Å²) < 4.78 is 4.74. The van der Waals surface area contributed by atoms with Crippen molar-refractivity contribution in [3.05, 3.63) is 47.5 Å². The third-order valence-electron chi connectivity index (χ3n) is 3.52. The molecule has 1 unspecified atom stereocenters. The monoisotopic (exact) mass is 258 g/mol. The number of Topliss-reactive ketones (excluding diaryl/α,β-unsaturated/α-hetero) is 1. The summed E-state index contributed by atoms with van der Waals surface area (Å²) in [6.45, 7) is 0. The number of allylic oxidation sites excluding steroid dienone is 2. The summed E-state index contributed by atoms with van der Waals surface area (Å²) in [6.07, 6.45) is 4.74. The highest BCUT2D eigenvalue weighted by molar-refractivity contribution is 5.97. The first-order valence-electron chi connectivity index (χ1n) is 6.54. The first-order chi connectivity index (χ1) is 9.20. The summed E-state index contributed by atoms with van der Waals surface area (Å²) in [6, 6.07) is 9.31. The molecule has 1 atom stereocenters. The average Bonchev–Trinajstić information content (AvgIpc) is 2.48. The molecule has 0 amide bonds. The Morgan fingerprint density at radius 1 is 1.26 bits per heavy atom. The lowest BCUT2D eigenvalue weighted by Crippen LogP contribution is -2.18. The van der Waals surface area contributed by atoms with Crippen molar-refractivity contribution in [2.45, 2.75) is 25.7 Å². The molecule has 0 heterocycles. The quantitative estimate of drug-likeness (QED) is 0.473. The van der Waals surface area contributed by atoms with Crippen LogP contribution < -0.4 is 0 Å². The van der Waals surface area contributed by atoms with Gasteiger partial charge in [0.05, 0.1) is 13.0 Å². The van der Waals surface area contributed by atoms with E-state index in [9.17, 15) is 9.59 Å². The number of carbonyl (C=O) groups is 2. The predicted molar refractivity (Wildman–Crippen MR) is 72.8 cm³/mol. The van der Waals surface area contributed by atoms with E-state index in [0.29, 0.717) is 12.8 Å². The van der Waals surface area contributed by atoms with Crippen LogP contribution in [0.1, 0.15) is 36.0 Å². The molecule has 1 aromatic rings. The van der Waals surface area contributed by atoms with Gasteiger partial charge in [0.2, 0.25) is 0 Å². The second kappa shape index (κ2) is 6.32. The molecule has 0 aliphatic heterocycles. The molecule has 2 rings (SSSR count). The Labute approximate surface area is 113 Å². The Bertz CT molecular complexity index is 488. The number of carbonyl (C=O) groups excluding carboxylic acids is 2. The van der Waals surface area contributed by atoms with Gasteiger partial charge in [-0.25, -0.2) is 0 Å². The van der Waals surface area contributed by atoms with Gasteiger partial charge in [0.25, 0.3) is 0 Å². The Hall–Kier alpha value is -1.90. The standard InChI is InChI=1S/C16H18O3/c1-19-16(18)14-9-7-12(8-10-14)11-15(17)13-5-3-2-4-6-13/h2-7,14H,8-11H2,1H3. The molecule has 1 aliphatic carbocycles. The molecule has 1 aromatic carbocycles. The van der Waals surface area contributed by atoms with Crippen molar-refractivity contribution in [1.29, 1.82) is 0 Å². The maximum absolute atomic E-state index is 12.1. The molecular formula is C16H18O3. The van der Waals surface area contributed by atoms with Gasteiger partial charge in [0.15, 0.2) is 5.78 Å². The third kappa shape index (κ3) is 3.53. The summed E-state index contributed by atoms with van der Waals surface area (Å²) in [5, 5.41) is 0. The molecule has 0 fully saturated rings. The SMILES string of the molecule is COC(=O)C1CC=C(CC(=O)c2ccccc2)CC1. The van der Waals surface area contributed by atoms with Crippen LogP contribution in [0.5, 0.6) is 0 Å². The van der Waals surface area contributed by atoms with E-state index in [2.05, 4.69) is 0 Å². The first-order valence-corrected chi connectivity index (χ1v) is 6.54. The zero-order valence-electron chi connectivity index (χ0n) is 11.1. The Morgan fingerprint density at radius 2 is 2.00 bits per heavy atom. The van der Waals surface area contributed by atoms with Crippen LogP contribution in [0.4, 0.5) is 0 Å². The number of esters is 1. The highest BCUT2D eigenvalue weighted by atomic mass is 16.5. The van der Waals surface area contributed by atoms with Crippen LogP contribution in [0.2, 0.25) is 0 Å². The van der Waals surface area contributed by atoms with Crippen molar-refractivity contribution in [1.82, 2.24) is 0 Å². The Balaban J connectivity index is 1.93. The van der Waals surface area contributed by atoms with Crippen molar-refractivity contribution in [2.75, 3.05) is 7.11 Å². The highest BCUT2D eigenvalue weighted by Crippen LogP contribution is 2.27. The van der Waals surface area contributed by atoms with E-state index < -0.39 is 0 Å². The van der Waals surface area contributed by atoms with Crippen LogP contribution in [-0.4, -0.2) is 18.9 Å². The summed E-state index contributed by atoms with van der Waals surface area (Å²) in [5.41, 5.74) is 1.88. The van der Waals surface area contributed by atoms with E-state index in [4.69, 9.17) is 4.74 Å². The maximum atomic E-state index is 12.1. The van der Waals surface area contributed by atoms with Crippen LogP contribution in [0, 0.1) is 5.92 Å². The largest absolute Gasteiger partial charge is 0.469 e. The number of hydrogen-bond donors (Lipinski definition) is 0. The molecule has 1 aliphatic rings. The normalized spacial score (nSPS) is 18.6. The first kappa shape index (κ1) is 13.5. The van der Waals surface area contributed by atoms with Crippen LogP contribution >= 0.6 is 0 Å². The fourth-order valence-electron chi connectivity index (χ4n) is 2.36. The molecule has 0 aromatic heterocycles. The lowest BCUT2D eigenvalue weighted by Gasteiger charge is -2.19. The molecule has 100 valence electrons. The van der Waals surface area contributed by atoms with Gasteiger partial charge in [-0.2, -0.15) is 0 Å². The minimum atomic E-state index is -0.148. The van der Waals surface area contributed by atoms with E-state index in [1.165, 1.54) is 7.11 Å². The molecule has 3 nitrogen and oxygen atoms in total. The molecule has 0 saturated heterocycles. The fraction of sp³-hybridized carbons (Fsp3) is 0.375. The molecule has 0 saturated carbocycles. The smallest absolute Gasteiger partial charge is 0.308 e. The zero-order valence-corrected chi connectivity index (χ0v) is 11.1. The molecule has 0 radical (unpaired) electrons.